The smallest absolute Gasteiger partial charge is 0.128 e. The third-order valence-corrected chi connectivity index (χ3v) is 3.37. The molecule has 1 aromatic carbocycles. The van der Waals surface area contributed by atoms with E-state index in [9.17, 15) is 0 Å². The molecule has 3 N–H and O–H groups in total. The first kappa shape index (κ1) is 13.4. The number of nitrogens with one attached hydrogen (secondary N) is 1. The highest BCUT2D eigenvalue weighted by Gasteiger charge is 2.32. The predicted molar refractivity (Wildman–Crippen MR) is 74.9 cm³/mol. The Bertz CT molecular complexity index is 415. The molecule has 0 amide bonds. The van der Waals surface area contributed by atoms with Gasteiger partial charge in [-0.2, -0.15) is 0 Å². The molecule has 100 valence electrons. The summed E-state index contributed by atoms with van der Waals surface area (Å²) >= 11 is 0. The second-order valence-corrected chi connectivity index (χ2v) is 5.62. The van der Waals surface area contributed by atoms with Gasteiger partial charge in [0.05, 0.1) is 0 Å². The van der Waals surface area contributed by atoms with Crippen molar-refractivity contribution in [3.8, 4) is 5.75 Å². The maximum atomic E-state index is 6.09. The molecular weight excluding hydrogens is 224 g/mol. The fourth-order valence-corrected chi connectivity index (χ4v) is 2.55. The van der Waals surface area contributed by atoms with Gasteiger partial charge < -0.3 is 15.8 Å². The minimum absolute atomic E-state index is 0.0949. The van der Waals surface area contributed by atoms with Crippen LogP contribution in [0.25, 0.3) is 0 Å². The highest BCUT2D eigenvalue weighted by Crippen LogP contribution is 2.39. The van der Waals surface area contributed by atoms with Crippen molar-refractivity contribution in [1.82, 2.24) is 5.32 Å². The SMILES string of the molecule is CCCNC(CN)c1cccc2c1OC(C)(C)C2. The zero-order valence-corrected chi connectivity index (χ0v) is 11.6. The first-order chi connectivity index (χ1) is 8.57. The number of fused-ring (bicyclic) bond motifs is 1. The van der Waals surface area contributed by atoms with Gasteiger partial charge in [-0.25, -0.2) is 0 Å². The van der Waals surface area contributed by atoms with Crippen molar-refractivity contribution in [1.29, 1.82) is 0 Å². The molecule has 0 aliphatic carbocycles. The van der Waals surface area contributed by atoms with Crippen molar-refractivity contribution in [2.24, 2.45) is 5.73 Å². The van der Waals surface area contributed by atoms with Gasteiger partial charge >= 0.3 is 0 Å². The van der Waals surface area contributed by atoms with Gasteiger partial charge in [-0.1, -0.05) is 25.1 Å². The summed E-state index contributed by atoms with van der Waals surface area (Å²) in [7, 11) is 0. The number of hydrogen-bond acceptors (Lipinski definition) is 3. The number of benzene rings is 1. The maximum Gasteiger partial charge on any atom is 0.128 e. The summed E-state index contributed by atoms with van der Waals surface area (Å²) < 4.78 is 6.09. The quantitative estimate of drug-likeness (QED) is 0.841. The molecule has 0 spiro atoms. The largest absolute Gasteiger partial charge is 0.487 e. The summed E-state index contributed by atoms with van der Waals surface area (Å²) in [5.74, 6) is 1.04. The lowest BCUT2D eigenvalue weighted by atomic mass is 9.98. The van der Waals surface area contributed by atoms with E-state index in [2.05, 4.69) is 44.3 Å². The summed E-state index contributed by atoms with van der Waals surface area (Å²) in [4.78, 5) is 0. The minimum atomic E-state index is -0.0949. The Balaban J connectivity index is 2.27. The lowest BCUT2D eigenvalue weighted by Crippen LogP contribution is -2.30. The van der Waals surface area contributed by atoms with Crippen LogP contribution in [-0.4, -0.2) is 18.7 Å². The van der Waals surface area contributed by atoms with Gasteiger partial charge in [-0.3, -0.25) is 0 Å². The van der Waals surface area contributed by atoms with Gasteiger partial charge in [0.2, 0.25) is 0 Å². The first-order valence-corrected chi connectivity index (χ1v) is 6.81. The molecule has 0 saturated carbocycles. The Morgan fingerprint density at radius 2 is 2.22 bits per heavy atom. The van der Waals surface area contributed by atoms with E-state index < -0.39 is 0 Å². The molecule has 0 fully saturated rings. The van der Waals surface area contributed by atoms with Gasteiger partial charge in [0, 0.05) is 24.6 Å². The Morgan fingerprint density at radius 3 is 2.89 bits per heavy atom. The van der Waals surface area contributed by atoms with Crippen molar-refractivity contribution in [3.05, 3.63) is 29.3 Å². The fourth-order valence-electron chi connectivity index (χ4n) is 2.55. The average Bonchev–Trinajstić information content (AvgIpc) is 2.64. The number of nitrogens with two attached hydrogens (primary N) is 1. The van der Waals surface area contributed by atoms with Gasteiger partial charge in [-0.15, -0.1) is 0 Å². The van der Waals surface area contributed by atoms with E-state index in [1.54, 1.807) is 0 Å². The van der Waals surface area contributed by atoms with Crippen LogP contribution < -0.4 is 15.8 Å². The van der Waals surface area contributed by atoms with E-state index >= 15 is 0 Å². The van der Waals surface area contributed by atoms with Crippen LogP contribution >= 0.6 is 0 Å². The lowest BCUT2D eigenvalue weighted by molar-refractivity contribution is 0.136. The van der Waals surface area contributed by atoms with E-state index in [0.717, 1.165) is 25.1 Å². The average molecular weight is 248 g/mol. The fraction of sp³-hybridized carbons (Fsp3) is 0.600. The molecule has 1 heterocycles. The highest BCUT2D eigenvalue weighted by atomic mass is 16.5. The van der Waals surface area contributed by atoms with E-state index in [0.29, 0.717) is 6.54 Å². The molecule has 1 atom stereocenters. The molecule has 0 radical (unpaired) electrons. The number of para-hydroxylation sites is 1. The van der Waals surface area contributed by atoms with E-state index in [4.69, 9.17) is 10.5 Å². The molecule has 1 unspecified atom stereocenters. The summed E-state index contributed by atoms with van der Waals surface area (Å²) in [5.41, 5.74) is 8.30. The Kier molecular flexibility index (Phi) is 3.93. The Labute approximate surface area is 110 Å². The molecule has 1 aromatic rings. The van der Waals surface area contributed by atoms with Crippen molar-refractivity contribution < 1.29 is 4.74 Å². The normalized spacial score (nSPS) is 18.2. The topological polar surface area (TPSA) is 47.3 Å². The van der Waals surface area contributed by atoms with Crippen molar-refractivity contribution in [3.63, 3.8) is 0 Å². The van der Waals surface area contributed by atoms with Gasteiger partial charge in [-0.05, 0) is 32.4 Å². The zero-order valence-electron chi connectivity index (χ0n) is 11.6. The van der Waals surface area contributed by atoms with E-state index in [-0.39, 0.29) is 11.6 Å². The molecular formula is C15H24N2O. The number of hydrogen-bond donors (Lipinski definition) is 2. The number of ether oxygens (including phenoxy) is 1. The third-order valence-electron chi connectivity index (χ3n) is 3.37. The van der Waals surface area contributed by atoms with Gasteiger partial charge in [0.15, 0.2) is 0 Å². The van der Waals surface area contributed by atoms with Crippen molar-refractivity contribution in [2.75, 3.05) is 13.1 Å². The van der Waals surface area contributed by atoms with Crippen LogP contribution in [0.5, 0.6) is 5.75 Å². The van der Waals surface area contributed by atoms with Crippen LogP contribution in [0.2, 0.25) is 0 Å². The molecule has 3 heteroatoms. The summed E-state index contributed by atoms with van der Waals surface area (Å²) in [6.07, 6.45) is 2.08. The second kappa shape index (κ2) is 5.29. The van der Waals surface area contributed by atoms with Gasteiger partial charge in [0.1, 0.15) is 11.4 Å². The van der Waals surface area contributed by atoms with Crippen LogP contribution in [0.15, 0.2) is 18.2 Å². The zero-order chi connectivity index (χ0) is 13.2. The van der Waals surface area contributed by atoms with Crippen LogP contribution in [0, 0.1) is 0 Å². The molecule has 1 aliphatic heterocycles. The first-order valence-electron chi connectivity index (χ1n) is 6.81. The predicted octanol–water partition coefficient (Wildman–Crippen LogP) is 2.40. The molecule has 3 nitrogen and oxygen atoms in total. The molecule has 0 saturated heterocycles. The Morgan fingerprint density at radius 1 is 1.44 bits per heavy atom. The van der Waals surface area contributed by atoms with Crippen LogP contribution in [-0.2, 0) is 6.42 Å². The molecule has 1 aliphatic rings. The third kappa shape index (κ3) is 2.68. The monoisotopic (exact) mass is 248 g/mol. The minimum Gasteiger partial charge on any atom is -0.487 e. The lowest BCUT2D eigenvalue weighted by Gasteiger charge is -2.22. The molecule has 2 rings (SSSR count). The summed E-state index contributed by atoms with van der Waals surface area (Å²) in [6.45, 7) is 8.01. The summed E-state index contributed by atoms with van der Waals surface area (Å²) in [6, 6.07) is 6.57. The van der Waals surface area contributed by atoms with Crippen LogP contribution in [0.1, 0.15) is 44.4 Å². The van der Waals surface area contributed by atoms with Crippen LogP contribution in [0.3, 0.4) is 0 Å². The number of rotatable bonds is 5. The highest BCUT2D eigenvalue weighted by molar-refractivity contribution is 5.47. The standard InChI is InChI=1S/C15H24N2O/c1-4-8-17-13(10-16)12-7-5-6-11-9-15(2,3)18-14(11)12/h5-7,13,17H,4,8-10,16H2,1-3H3. The second-order valence-electron chi connectivity index (χ2n) is 5.62. The summed E-state index contributed by atoms with van der Waals surface area (Å²) in [5, 5.41) is 3.49. The van der Waals surface area contributed by atoms with E-state index in [1.807, 2.05) is 0 Å². The molecule has 18 heavy (non-hydrogen) atoms. The Hall–Kier alpha value is -1.06. The van der Waals surface area contributed by atoms with E-state index in [1.165, 1.54) is 11.1 Å². The molecule has 0 aromatic heterocycles. The maximum absolute atomic E-state index is 6.09. The van der Waals surface area contributed by atoms with Gasteiger partial charge in [0.25, 0.3) is 0 Å². The van der Waals surface area contributed by atoms with Crippen LogP contribution in [0.4, 0.5) is 0 Å². The van der Waals surface area contributed by atoms with Crippen molar-refractivity contribution in [2.45, 2.75) is 45.3 Å². The molecule has 0 bridgehead atoms. The van der Waals surface area contributed by atoms with Crippen molar-refractivity contribution >= 4 is 0 Å².